The van der Waals surface area contributed by atoms with Crippen LogP contribution in [-0.4, -0.2) is 35.5 Å². The van der Waals surface area contributed by atoms with E-state index in [1.165, 1.54) is 27.5 Å². The van der Waals surface area contributed by atoms with Crippen LogP contribution in [0.15, 0.2) is 47.2 Å². The summed E-state index contributed by atoms with van der Waals surface area (Å²) in [6.45, 7) is 1.36. The molecule has 0 saturated heterocycles. The topological polar surface area (TPSA) is 60.7 Å². The zero-order chi connectivity index (χ0) is 18.8. The highest BCUT2D eigenvalue weighted by molar-refractivity contribution is 7.19. The van der Waals surface area contributed by atoms with Gasteiger partial charge >= 0.3 is 5.97 Å². The fraction of sp³-hybridized carbons (Fsp3) is 0.250. The van der Waals surface area contributed by atoms with Crippen molar-refractivity contribution in [2.75, 3.05) is 13.7 Å². The van der Waals surface area contributed by atoms with Gasteiger partial charge in [-0.3, -0.25) is 0 Å². The SMILES string of the molecule is COC(Cc1ccc(OCCn2c3sccc3c3ccsc32)cc1)C(=O)O. The lowest BCUT2D eigenvalue weighted by molar-refractivity contribution is -0.148. The number of thiophene rings is 2. The van der Waals surface area contributed by atoms with E-state index in [2.05, 4.69) is 27.5 Å². The average Bonchev–Trinajstić information content (AvgIpc) is 3.36. The number of hydrogen-bond acceptors (Lipinski definition) is 5. The Bertz CT molecular complexity index is 1010. The molecule has 3 heterocycles. The number of carbonyl (C=O) groups is 1. The molecule has 0 amide bonds. The second-order valence-corrected chi connectivity index (χ2v) is 7.98. The molecule has 27 heavy (non-hydrogen) atoms. The number of ether oxygens (including phenoxy) is 2. The van der Waals surface area contributed by atoms with Crippen LogP contribution >= 0.6 is 22.7 Å². The molecule has 0 spiro atoms. The summed E-state index contributed by atoms with van der Waals surface area (Å²) in [7, 11) is 1.41. The van der Waals surface area contributed by atoms with Crippen molar-refractivity contribution in [1.29, 1.82) is 0 Å². The molecule has 5 nitrogen and oxygen atoms in total. The number of fused-ring (bicyclic) bond motifs is 3. The van der Waals surface area contributed by atoms with Crippen LogP contribution in [0.3, 0.4) is 0 Å². The monoisotopic (exact) mass is 401 g/mol. The molecule has 0 fully saturated rings. The molecule has 0 aliphatic rings. The van der Waals surface area contributed by atoms with Crippen LogP contribution in [0.2, 0.25) is 0 Å². The average molecular weight is 402 g/mol. The Labute approximate surface area is 164 Å². The van der Waals surface area contributed by atoms with Gasteiger partial charge in [0, 0.05) is 24.3 Å². The fourth-order valence-electron chi connectivity index (χ4n) is 3.19. The van der Waals surface area contributed by atoms with Crippen molar-refractivity contribution in [3.8, 4) is 5.75 Å². The van der Waals surface area contributed by atoms with E-state index in [9.17, 15) is 4.79 Å². The molecule has 0 radical (unpaired) electrons. The Balaban J connectivity index is 1.40. The van der Waals surface area contributed by atoms with Gasteiger partial charge in [0.1, 0.15) is 22.0 Å². The number of carboxylic acids is 1. The molecule has 4 rings (SSSR count). The zero-order valence-electron chi connectivity index (χ0n) is 14.8. The Morgan fingerprint density at radius 1 is 1.07 bits per heavy atom. The normalized spacial score (nSPS) is 12.6. The standard InChI is InChI=1S/C20H19NO4S2/c1-24-17(20(22)23)12-13-2-4-14(5-3-13)25-9-8-21-18-15(6-10-26-18)16-7-11-27-19(16)21/h2-7,10-11,17H,8-9,12H2,1H3,(H,22,23). The van der Waals surface area contributed by atoms with E-state index in [1.54, 1.807) is 22.7 Å². The predicted molar refractivity (Wildman–Crippen MR) is 109 cm³/mol. The van der Waals surface area contributed by atoms with Crippen LogP contribution in [-0.2, 0) is 22.5 Å². The Morgan fingerprint density at radius 3 is 2.26 bits per heavy atom. The van der Waals surface area contributed by atoms with Crippen LogP contribution in [0.4, 0.5) is 0 Å². The summed E-state index contributed by atoms with van der Waals surface area (Å²) in [6.07, 6.45) is -0.491. The lowest BCUT2D eigenvalue weighted by atomic mass is 10.1. The van der Waals surface area contributed by atoms with Gasteiger partial charge in [0.05, 0.1) is 6.54 Å². The second kappa shape index (κ2) is 7.72. The minimum atomic E-state index is -0.954. The first-order chi connectivity index (χ1) is 13.2. The van der Waals surface area contributed by atoms with Gasteiger partial charge < -0.3 is 19.1 Å². The largest absolute Gasteiger partial charge is 0.492 e. The second-order valence-electron chi connectivity index (χ2n) is 6.19. The first-order valence-corrected chi connectivity index (χ1v) is 10.3. The summed E-state index contributed by atoms with van der Waals surface area (Å²) < 4.78 is 13.2. The summed E-state index contributed by atoms with van der Waals surface area (Å²) in [5.41, 5.74) is 0.905. The van der Waals surface area contributed by atoms with E-state index in [4.69, 9.17) is 14.6 Å². The van der Waals surface area contributed by atoms with Crippen LogP contribution in [0.1, 0.15) is 5.56 Å². The number of aliphatic carboxylic acids is 1. The highest BCUT2D eigenvalue weighted by atomic mass is 32.1. The van der Waals surface area contributed by atoms with E-state index in [1.807, 2.05) is 24.3 Å². The molecule has 0 saturated carbocycles. The lowest BCUT2D eigenvalue weighted by Crippen LogP contribution is -2.24. The molecule has 0 aliphatic heterocycles. The van der Waals surface area contributed by atoms with Crippen LogP contribution < -0.4 is 4.74 Å². The predicted octanol–water partition coefficient (Wildman–Crippen LogP) is 4.64. The highest BCUT2D eigenvalue weighted by Gasteiger charge is 2.17. The van der Waals surface area contributed by atoms with Crippen molar-refractivity contribution in [3.05, 3.63) is 52.7 Å². The van der Waals surface area contributed by atoms with Gasteiger partial charge in [-0.15, -0.1) is 22.7 Å². The third kappa shape index (κ3) is 3.58. The lowest BCUT2D eigenvalue weighted by Gasteiger charge is -2.11. The summed E-state index contributed by atoms with van der Waals surface area (Å²) in [4.78, 5) is 13.6. The van der Waals surface area contributed by atoms with Crippen molar-refractivity contribution in [2.24, 2.45) is 0 Å². The smallest absolute Gasteiger partial charge is 0.333 e. The van der Waals surface area contributed by atoms with Gasteiger partial charge in [0.15, 0.2) is 6.10 Å². The molecule has 3 aromatic heterocycles. The number of rotatable bonds is 8. The summed E-state index contributed by atoms with van der Waals surface area (Å²) in [5.74, 6) is -0.177. The van der Waals surface area contributed by atoms with Gasteiger partial charge in [-0.2, -0.15) is 0 Å². The van der Waals surface area contributed by atoms with Crippen molar-refractivity contribution in [2.45, 2.75) is 19.1 Å². The molecule has 7 heteroatoms. The first kappa shape index (κ1) is 18.0. The Kier molecular flexibility index (Phi) is 5.15. The quantitative estimate of drug-likeness (QED) is 0.467. The molecular weight excluding hydrogens is 382 g/mol. The summed E-state index contributed by atoms with van der Waals surface area (Å²) >= 11 is 3.51. The molecule has 1 unspecified atom stereocenters. The zero-order valence-corrected chi connectivity index (χ0v) is 16.4. The van der Waals surface area contributed by atoms with Gasteiger partial charge in [0.25, 0.3) is 0 Å². The van der Waals surface area contributed by atoms with Gasteiger partial charge in [-0.25, -0.2) is 4.79 Å². The maximum atomic E-state index is 11.1. The van der Waals surface area contributed by atoms with Crippen LogP contribution in [0.5, 0.6) is 5.75 Å². The van der Waals surface area contributed by atoms with Gasteiger partial charge in [-0.1, -0.05) is 12.1 Å². The molecule has 1 N–H and O–H groups in total. The molecular formula is C20H19NO4S2. The van der Waals surface area contributed by atoms with E-state index in [0.717, 1.165) is 17.9 Å². The number of hydrogen-bond donors (Lipinski definition) is 1. The Hall–Kier alpha value is -2.35. The molecule has 1 atom stereocenters. The van der Waals surface area contributed by atoms with Crippen molar-refractivity contribution in [3.63, 3.8) is 0 Å². The van der Waals surface area contributed by atoms with Crippen molar-refractivity contribution in [1.82, 2.24) is 4.57 Å². The minimum absolute atomic E-state index is 0.336. The van der Waals surface area contributed by atoms with Crippen LogP contribution in [0.25, 0.3) is 20.4 Å². The Morgan fingerprint density at radius 2 is 1.70 bits per heavy atom. The van der Waals surface area contributed by atoms with Crippen molar-refractivity contribution < 1.29 is 19.4 Å². The van der Waals surface area contributed by atoms with Gasteiger partial charge in [-0.05, 0) is 40.6 Å². The summed E-state index contributed by atoms with van der Waals surface area (Å²) in [5, 5.41) is 15.9. The minimum Gasteiger partial charge on any atom is -0.492 e. The van der Waals surface area contributed by atoms with E-state index in [0.29, 0.717) is 13.0 Å². The number of carboxylic acid groups (broad SMARTS) is 1. The van der Waals surface area contributed by atoms with Gasteiger partial charge in [0.2, 0.25) is 0 Å². The maximum Gasteiger partial charge on any atom is 0.333 e. The number of aromatic nitrogens is 1. The van der Waals surface area contributed by atoms with E-state index < -0.39 is 12.1 Å². The number of nitrogens with zero attached hydrogens (tertiary/aromatic N) is 1. The highest BCUT2D eigenvalue weighted by Crippen LogP contribution is 2.35. The molecule has 0 bridgehead atoms. The number of benzene rings is 1. The van der Waals surface area contributed by atoms with E-state index in [-0.39, 0.29) is 0 Å². The maximum absolute atomic E-state index is 11.1. The molecule has 140 valence electrons. The number of methoxy groups -OCH3 is 1. The van der Waals surface area contributed by atoms with Crippen molar-refractivity contribution >= 4 is 49.1 Å². The van der Waals surface area contributed by atoms with Crippen LogP contribution in [0, 0.1) is 0 Å². The molecule has 4 aromatic rings. The van der Waals surface area contributed by atoms with E-state index >= 15 is 0 Å². The first-order valence-electron chi connectivity index (χ1n) is 8.57. The third-order valence-electron chi connectivity index (χ3n) is 4.56. The molecule has 0 aliphatic carbocycles. The summed E-state index contributed by atoms with van der Waals surface area (Å²) in [6, 6.07) is 11.9. The molecule has 1 aromatic carbocycles. The third-order valence-corrected chi connectivity index (χ3v) is 6.43. The fourth-order valence-corrected chi connectivity index (χ4v) is 5.14.